The maximum atomic E-state index is 11.9. The molecular weight excluding hydrogens is 310 g/mol. The molecule has 0 bridgehead atoms. The fraction of sp³-hybridized carbons (Fsp3) is 0.438. The Morgan fingerprint density at radius 1 is 1.22 bits per heavy atom. The fourth-order valence-corrected chi connectivity index (χ4v) is 3.71. The Morgan fingerprint density at radius 3 is 2.48 bits per heavy atom. The van der Waals surface area contributed by atoms with Gasteiger partial charge in [-0.15, -0.1) is 21.5 Å². The van der Waals surface area contributed by atoms with Crippen molar-refractivity contribution in [1.82, 2.24) is 20.0 Å². The zero-order valence-electron chi connectivity index (χ0n) is 13.2. The van der Waals surface area contributed by atoms with Crippen molar-refractivity contribution in [3.05, 3.63) is 45.9 Å². The van der Waals surface area contributed by atoms with Crippen LogP contribution in [0.5, 0.6) is 0 Å². The van der Waals surface area contributed by atoms with Crippen molar-refractivity contribution in [3.63, 3.8) is 0 Å². The Balaban J connectivity index is 1.61. The third-order valence-corrected chi connectivity index (χ3v) is 4.91. The van der Waals surface area contributed by atoms with Gasteiger partial charge in [0.1, 0.15) is 16.1 Å². The molecule has 2 N–H and O–H groups in total. The minimum absolute atomic E-state index is 0.288. The third-order valence-electron chi connectivity index (χ3n) is 4.08. The summed E-state index contributed by atoms with van der Waals surface area (Å²) < 4.78 is 0. The van der Waals surface area contributed by atoms with Crippen LogP contribution in [0.2, 0.25) is 0 Å². The SMILES string of the molecule is Cc1nnc(CN2CCN(C(C(N)=O)c3ccccc3)CC2)s1. The minimum atomic E-state index is -0.345. The number of nitrogens with zero attached hydrogens (tertiary/aromatic N) is 4. The van der Waals surface area contributed by atoms with Gasteiger partial charge in [-0.2, -0.15) is 0 Å². The van der Waals surface area contributed by atoms with Crippen LogP contribution >= 0.6 is 11.3 Å². The smallest absolute Gasteiger partial charge is 0.239 e. The molecule has 1 fully saturated rings. The molecule has 0 radical (unpaired) electrons. The van der Waals surface area contributed by atoms with E-state index in [1.165, 1.54) is 0 Å². The van der Waals surface area contributed by atoms with E-state index < -0.39 is 0 Å². The van der Waals surface area contributed by atoms with Crippen LogP contribution in [0.1, 0.15) is 21.6 Å². The lowest BCUT2D eigenvalue weighted by Crippen LogP contribution is -2.49. The molecule has 1 amide bonds. The predicted molar refractivity (Wildman–Crippen MR) is 89.9 cm³/mol. The normalized spacial score (nSPS) is 18.0. The summed E-state index contributed by atoms with van der Waals surface area (Å²) in [5.41, 5.74) is 6.62. The highest BCUT2D eigenvalue weighted by Gasteiger charge is 2.29. The number of aryl methyl sites for hydroxylation is 1. The molecule has 1 unspecified atom stereocenters. The summed E-state index contributed by atoms with van der Waals surface area (Å²) in [5, 5.41) is 10.3. The number of carbonyl (C=O) groups is 1. The van der Waals surface area contributed by atoms with E-state index in [-0.39, 0.29) is 11.9 Å². The topological polar surface area (TPSA) is 75.3 Å². The summed E-state index contributed by atoms with van der Waals surface area (Å²) in [6.07, 6.45) is 0. The van der Waals surface area contributed by atoms with Crippen LogP contribution < -0.4 is 5.73 Å². The number of carbonyl (C=O) groups excluding carboxylic acids is 1. The molecule has 7 heteroatoms. The second kappa shape index (κ2) is 7.16. The molecule has 2 aromatic rings. The maximum Gasteiger partial charge on any atom is 0.239 e. The highest BCUT2D eigenvalue weighted by molar-refractivity contribution is 7.11. The van der Waals surface area contributed by atoms with Gasteiger partial charge in [0.2, 0.25) is 5.91 Å². The number of rotatable bonds is 5. The largest absolute Gasteiger partial charge is 0.368 e. The molecule has 1 aromatic heterocycles. The molecule has 1 saturated heterocycles. The van der Waals surface area contributed by atoms with Gasteiger partial charge in [-0.1, -0.05) is 30.3 Å². The highest BCUT2D eigenvalue weighted by Crippen LogP contribution is 2.22. The van der Waals surface area contributed by atoms with Gasteiger partial charge in [-0.25, -0.2) is 0 Å². The molecule has 3 rings (SSSR count). The molecule has 1 aliphatic heterocycles. The van der Waals surface area contributed by atoms with Crippen molar-refractivity contribution < 1.29 is 4.79 Å². The summed E-state index contributed by atoms with van der Waals surface area (Å²) in [6, 6.07) is 9.42. The number of piperazine rings is 1. The number of primary amides is 1. The zero-order valence-corrected chi connectivity index (χ0v) is 14.0. The molecule has 0 saturated carbocycles. The standard InChI is InChI=1S/C16H21N5OS/c1-12-18-19-14(23-12)11-20-7-9-21(10-8-20)15(16(17)22)13-5-3-2-4-6-13/h2-6,15H,7-11H2,1H3,(H2,17,22). The molecule has 1 aromatic carbocycles. The van der Waals surface area contributed by atoms with Gasteiger partial charge in [0.25, 0.3) is 0 Å². The molecular formula is C16H21N5OS. The van der Waals surface area contributed by atoms with Crippen LogP contribution in [0.3, 0.4) is 0 Å². The molecule has 2 heterocycles. The van der Waals surface area contributed by atoms with Gasteiger partial charge in [0.15, 0.2) is 0 Å². The Hall–Kier alpha value is -1.83. The van der Waals surface area contributed by atoms with E-state index in [0.29, 0.717) is 0 Å². The first-order valence-electron chi connectivity index (χ1n) is 7.73. The molecule has 23 heavy (non-hydrogen) atoms. The number of nitrogens with two attached hydrogens (primary N) is 1. The van der Waals surface area contributed by atoms with Crippen LogP contribution in [0, 0.1) is 6.92 Å². The van der Waals surface area contributed by atoms with E-state index in [1.807, 2.05) is 37.3 Å². The van der Waals surface area contributed by atoms with E-state index in [9.17, 15) is 4.79 Å². The van der Waals surface area contributed by atoms with Crippen molar-refractivity contribution in [2.24, 2.45) is 5.73 Å². The second-order valence-electron chi connectivity index (χ2n) is 5.74. The Kier molecular flexibility index (Phi) is 5.00. The van der Waals surface area contributed by atoms with E-state index in [1.54, 1.807) is 11.3 Å². The lowest BCUT2D eigenvalue weighted by molar-refractivity contribution is -0.124. The Labute approximate surface area is 139 Å². The van der Waals surface area contributed by atoms with Crippen LogP contribution in [0.4, 0.5) is 0 Å². The maximum absolute atomic E-state index is 11.9. The summed E-state index contributed by atoms with van der Waals surface area (Å²) in [6.45, 7) is 6.23. The Bertz CT molecular complexity index is 652. The molecule has 0 spiro atoms. The van der Waals surface area contributed by atoms with Crippen molar-refractivity contribution in [2.45, 2.75) is 19.5 Å². The first-order chi connectivity index (χ1) is 11.1. The van der Waals surface area contributed by atoms with E-state index in [2.05, 4.69) is 20.0 Å². The van der Waals surface area contributed by atoms with Crippen molar-refractivity contribution >= 4 is 17.2 Å². The number of hydrogen-bond acceptors (Lipinski definition) is 6. The van der Waals surface area contributed by atoms with Crippen LogP contribution in [0.25, 0.3) is 0 Å². The first kappa shape index (κ1) is 16.0. The zero-order chi connectivity index (χ0) is 16.2. The molecule has 122 valence electrons. The number of amides is 1. The number of benzene rings is 1. The van der Waals surface area contributed by atoms with Crippen LogP contribution in [-0.2, 0) is 11.3 Å². The predicted octanol–water partition coefficient (Wildman–Crippen LogP) is 1.19. The van der Waals surface area contributed by atoms with Gasteiger partial charge in [-0.3, -0.25) is 14.6 Å². The van der Waals surface area contributed by atoms with Crippen molar-refractivity contribution in [3.8, 4) is 0 Å². The quantitative estimate of drug-likeness (QED) is 0.891. The molecule has 6 nitrogen and oxygen atoms in total. The van der Waals surface area contributed by atoms with Crippen LogP contribution in [0.15, 0.2) is 30.3 Å². The Morgan fingerprint density at radius 2 is 1.91 bits per heavy atom. The molecule has 0 aliphatic carbocycles. The lowest BCUT2D eigenvalue weighted by Gasteiger charge is -2.37. The summed E-state index contributed by atoms with van der Waals surface area (Å²) >= 11 is 1.64. The highest BCUT2D eigenvalue weighted by atomic mass is 32.1. The van der Waals surface area contributed by atoms with E-state index >= 15 is 0 Å². The number of aromatic nitrogens is 2. The number of hydrogen-bond donors (Lipinski definition) is 1. The fourth-order valence-electron chi connectivity index (χ4n) is 2.96. The van der Waals surface area contributed by atoms with Gasteiger partial charge in [0, 0.05) is 26.2 Å². The van der Waals surface area contributed by atoms with Gasteiger partial charge in [-0.05, 0) is 12.5 Å². The van der Waals surface area contributed by atoms with E-state index in [4.69, 9.17) is 5.73 Å². The average Bonchev–Trinajstić information content (AvgIpc) is 2.95. The van der Waals surface area contributed by atoms with Crippen LogP contribution in [-0.4, -0.2) is 52.1 Å². The van der Waals surface area contributed by atoms with Gasteiger partial charge >= 0.3 is 0 Å². The average molecular weight is 331 g/mol. The van der Waals surface area contributed by atoms with Crippen molar-refractivity contribution in [2.75, 3.05) is 26.2 Å². The first-order valence-corrected chi connectivity index (χ1v) is 8.55. The lowest BCUT2D eigenvalue weighted by atomic mass is 10.0. The van der Waals surface area contributed by atoms with Gasteiger partial charge < -0.3 is 5.73 Å². The monoisotopic (exact) mass is 331 g/mol. The molecule has 1 atom stereocenters. The van der Waals surface area contributed by atoms with E-state index in [0.717, 1.165) is 48.3 Å². The molecule has 1 aliphatic rings. The summed E-state index contributed by atoms with van der Waals surface area (Å²) in [4.78, 5) is 16.4. The summed E-state index contributed by atoms with van der Waals surface area (Å²) in [7, 11) is 0. The minimum Gasteiger partial charge on any atom is -0.368 e. The second-order valence-corrected chi connectivity index (χ2v) is 7.01. The van der Waals surface area contributed by atoms with Crippen molar-refractivity contribution in [1.29, 1.82) is 0 Å². The summed E-state index contributed by atoms with van der Waals surface area (Å²) in [5.74, 6) is -0.288. The third kappa shape index (κ3) is 3.93. The van der Waals surface area contributed by atoms with Gasteiger partial charge in [0.05, 0.1) is 6.54 Å².